The minimum absolute atomic E-state index is 0.0295. The second kappa shape index (κ2) is 16.3. The van der Waals surface area contributed by atoms with Crippen molar-refractivity contribution < 1.29 is 24.3 Å². The summed E-state index contributed by atoms with van der Waals surface area (Å²) in [7, 11) is 0. The van der Waals surface area contributed by atoms with E-state index in [1.54, 1.807) is 13.1 Å². The van der Waals surface area contributed by atoms with E-state index >= 15 is 0 Å². The van der Waals surface area contributed by atoms with E-state index < -0.39 is 47.9 Å². The molecule has 0 aliphatic heterocycles. The SMILES string of the molecule is CCC(C)C(NC(=O)C(Cc1c[nH]c2ccccc12)NC(=O)C(CC(C)C)NC(=O)C(N)CCCN=C(N)N)C(=O)O. The van der Waals surface area contributed by atoms with Crippen LogP contribution in [-0.4, -0.2) is 70.5 Å². The van der Waals surface area contributed by atoms with Crippen molar-refractivity contribution in [2.24, 2.45) is 34.0 Å². The van der Waals surface area contributed by atoms with E-state index in [0.29, 0.717) is 32.2 Å². The number of rotatable bonds is 17. The number of nitrogens with one attached hydrogen (secondary N) is 4. The molecule has 0 saturated carbocycles. The summed E-state index contributed by atoms with van der Waals surface area (Å²) in [5, 5.41) is 18.7. The number of fused-ring (bicyclic) bond motifs is 1. The van der Waals surface area contributed by atoms with Crippen molar-refractivity contribution >= 4 is 40.6 Å². The highest BCUT2D eigenvalue weighted by molar-refractivity contribution is 5.95. The maximum absolute atomic E-state index is 13.6. The Kier molecular flexibility index (Phi) is 13.3. The minimum Gasteiger partial charge on any atom is -0.480 e. The third kappa shape index (κ3) is 10.4. The standard InChI is InChI=1S/C29H46N8O5/c1-5-17(4)24(28(41)42)37-27(40)23(14-18-15-34-21-11-7-6-9-19(18)21)36-26(39)22(13-16(2)3)35-25(38)20(30)10-8-12-33-29(31)32/h6-7,9,11,15-17,20,22-24,34H,5,8,10,12-14,30H2,1-4H3,(H,35,38)(H,36,39)(H,37,40)(H,41,42)(H4,31,32,33). The van der Waals surface area contributed by atoms with Crippen LogP contribution in [0.5, 0.6) is 0 Å². The highest BCUT2D eigenvalue weighted by atomic mass is 16.4. The van der Waals surface area contributed by atoms with Crippen LogP contribution in [-0.2, 0) is 25.6 Å². The largest absolute Gasteiger partial charge is 0.480 e. The van der Waals surface area contributed by atoms with Gasteiger partial charge in [0.1, 0.15) is 18.1 Å². The molecule has 0 radical (unpaired) electrons. The highest BCUT2D eigenvalue weighted by Gasteiger charge is 2.32. The number of nitrogens with two attached hydrogens (primary N) is 3. The van der Waals surface area contributed by atoms with E-state index in [4.69, 9.17) is 17.2 Å². The molecule has 1 heterocycles. The first-order valence-corrected chi connectivity index (χ1v) is 14.3. The summed E-state index contributed by atoms with van der Waals surface area (Å²) in [4.78, 5) is 58.9. The van der Waals surface area contributed by atoms with Gasteiger partial charge in [-0.3, -0.25) is 19.4 Å². The second-order valence-electron chi connectivity index (χ2n) is 11.1. The van der Waals surface area contributed by atoms with E-state index in [1.165, 1.54) is 0 Å². The van der Waals surface area contributed by atoms with E-state index in [2.05, 4.69) is 25.9 Å². The first kappa shape index (κ1) is 34.1. The first-order valence-electron chi connectivity index (χ1n) is 14.3. The molecule has 1 aromatic heterocycles. The Balaban J connectivity index is 2.27. The number of aromatic amines is 1. The van der Waals surface area contributed by atoms with Gasteiger partial charge >= 0.3 is 5.97 Å². The average molecular weight is 587 g/mol. The molecule has 42 heavy (non-hydrogen) atoms. The van der Waals surface area contributed by atoms with E-state index in [0.717, 1.165) is 16.5 Å². The Labute approximate surface area is 246 Å². The number of para-hydroxylation sites is 1. The molecule has 2 aromatic rings. The van der Waals surface area contributed by atoms with Crippen molar-refractivity contribution in [1.82, 2.24) is 20.9 Å². The predicted octanol–water partition coefficient (Wildman–Crippen LogP) is 0.723. The quantitative estimate of drug-likeness (QED) is 0.0746. The molecular formula is C29H46N8O5. The summed E-state index contributed by atoms with van der Waals surface area (Å²) in [6, 6.07) is 3.44. The number of hydrogen-bond donors (Lipinski definition) is 8. The van der Waals surface area contributed by atoms with Crippen LogP contribution >= 0.6 is 0 Å². The van der Waals surface area contributed by atoms with Crippen molar-refractivity contribution in [3.63, 3.8) is 0 Å². The molecule has 0 aliphatic rings. The Morgan fingerprint density at radius 1 is 0.976 bits per heavy atom. The number of aliphatic carboxylic acids is 1. The molecule has 232 valence electrons. The number of aromatic nitrogens is 1. The van der Waals surface area contributed by atoms with Gasteiger partial charge in [-0.15, -0.1) is 0 Å². The molecule has 0 spiro atoms. The van der Waals surface area contributed by atoms with Crippen LogP contribution in [0.1, 0.15) is 58.9 Å². The van der Waals surface area contributed by atoms with Gasteiger partial charge in [-0.1, -0.05) is 52.3 Å². The van der Waals surface area contributed by atoms with Gasteiger partial charge in [0.2, 0.25) is 17.7 Å². The van der Waals surface area contributed by atoms with Crippen molar-refractivity contribution in [2.45, 2.75) is 84.0 Å². The maximum Gasteiger partial charge on any atom is 0.326 e. The molecule has 13 heteroatoms. The van der Waals surface area contributed by atoms with Crippen LogP contribution in [0.25, 0.3) is 10.9 Å². The molecular weight excluding hydrogens is 540 g/mol. The molecule has 1 aromatic carbocycles. The van der Waals surface area contributed by atoms with Crippen LogP contribution < -0.4 is 33.2 Å². The van der Waals surface area contributed by atoms with Gasteiger partial charge in [-0.2, -0.15) is 0 Å². The summed E-state index contributed by atoms with van der Waals surface area (Å²) >= 11 is 0. The fourth-order valence-corrected chi connectivity index (χ4v) is 4.57. The predicted molar refractivity (Wildman–Crippen MR) is 162 cm³/mol. The van der Waals surface area contributed by atoms with Gasteiger partial charge in [0, 0.05) is 30.1 Å². The number of aliphatic imine (C=N–C) groups is 1. The van der Waals surface area contributed by atoms with Crippen LogP contribution in [0.4, 0.5) is 0 Å². The number of carboxylic acids is 1. The summed E-state index contributed by atoms with van der Waals surface area (Å²) < 4.78 is 0. The Bertz CT molecular complexity index is 1240. The number of carbonyl (C=O) groups is 4. The Morgan fingerprint density at radius 2 is 1.62 bits per heavy atom. The van der Waals surface area contributed by atoms with E-state index in [1.807, 2.05) is 45.0 Å². The fourth-order valence-electron chi connectivity index (χ4n) is 4.57. The lowest BCUT2D eigenvalue weighted by molar-refractivity contribution is -0.143. The van der Waals surface area contributed by atoms with Gasteiger partial charge in [0.25, 0.3) is 0 Å². The molecule has 13 nitrogen and oxygen atoms in total. The summed E-state index contributed by atoms with van der Waals surface area (Å²) in [6.45, 7) is 7.70. The van der Waals surface area contributed by atoms with E-state index in [9.17, 15) is 24.3 Å². The van der Waals surface area contributed by atoms with Crippen LogP contribution in [0, 0.1) is 11.8 Å². The maximum atomic E-state index is 13.6. The number of guanidine groups is 1. The molecule has 0 fully saturated rings. The lowest BCUT2D eigenvalue weighted by Crippen LogP contribution is -2.58. The fraction of sp³-hybridized carbons (Fsp3) is 0.552. The number of nitrogens with zero attached hydrogens (tertiary/aromatic N) is 1. The van der Waals surface area contributed by atoms with Crippen LogP contribution in [0.3, 0.4) is 0 Å². The Morgan fingerprint density at radius 3 is 2.24 bits per heavy atom. The number of hydrogen-bond acceptors (Lipinski definition) is 6. The van der Waals surface area contributed by atoms with Gasteiger partial charge < -0.3 is 43.2 Å². The van der Waals surface area contributed by atoms with Crippen molar-refractivity contribution in [3.05, 3.63) is 36.0 Å². The zero-order chi connectivity index (χ0) is 31.4. The molecule has 2 rings (SSSR count). The number of amides is 3. The third-order valence-electron chi connectivity index (χ3n) is 7.15. The van der Waals surface area contributed by atoms with Crippen LogP contribution in [0.2, 0.25) is 0 Å². The van der Waals surface area contributed by atoms with Crippen molar-refractivity contribution in [3.8, 4) is 0 Å². The molecule has 5 atom stereocenters. The van der Waals surface area contributed by atoms with Gasteiger partial charge in [0.15, 0.2) is 5.96 Å². The third-order valence-corrected chi connectivity index (χ3v) is 7.15. The Hall–Kier alpha value is -4.13. The van der Waals surface area contributed by atoms with Gasteiger partial charge in [0.05, 0.1) is 6.04 Å². The number of H-pyrrole nitrogens is 1. The van der Waals surface area contributed by atoms with Gasteiger partial charge in [-0.05, 0) is 42.7 Å². The van der Waals surface area contributed by atoms with Gasteiger partial charge in [-0.25, -0.2) is 4.79 Å². The minimum atomic E-state index is -1.16. The molecule has 0 aliphatic carbocycles. The normalized spacial score (nSPS) is 14.8. The number of carboxylic acid groups (broad SMARTS) is 1. The van der Waals surface area contributed by atoms with Crippen molar-refractivity contribution in [1.29, 1.82) is 0 Å². The van der Waals surface area contributed by atoms with E-state index in [-0.39, 0.29) is 24.2 Å². The monoisotopic (exact) mass is 586 g/mol. The zero-order valence-corrected chi connectivity index (χ0v) is 24.9. The number of benzene rings is 1. The smallest absolute Gasteiger partial charge is 0.326 e. The summed E-state index contributed by atoms with van der Waals surface area (Å²) in [5.41, 5.74) is 18.3. The lowest BCUT2D eigenvalue weighted by atomic mass is 9.97. The first-order chi connectivity index (χ1) is 19.8. The van der Waals surface area contributed by atoms with Crippen molar-refractivity contribution in [2.75, 3.05) is 6.54 Å². The topological polar surface area (TPSA) is 231 Å². The summed E-state index contributed by atoms with van der Waals surface area (Å²) in [5.74, 6) is -3.23. The second-order valence-corrected chi connectivity index (χ2v) is 11.1. The molecule has 5 unspecified atom stereocenters. The molecule has 0 saturated heterocycles. The molecule has 3 amide bonds. The average Bonchev–Trinajstić information content (AvgIpc) is 3.34. The molecule has 11 N–H and O–H groups in total. The highest BCUT2D eigenvalue weighted by Crippen LogP contribution is 2.20. The number of carbonyl (C=O) groups excluding carboxylic acids is 3. The summed E-state index contributed by atoms with van der Waals surface area (Å²) in [6.07, 6.45) is 3.46. The molecule has 0 bridgehead atoms. The zero-order valence-electron chi connectivity index (χ0n) is 24.9. The lowest BCUT2D eigenvalue weighted by Gasteiger charge is -2.27. The van der Waals surface area contributed by atoms with Crippen LogP contribution in [0.15, 0.2) is 35.5 Å².